The third-order valence-electron chi connectivity index (χ3n) is 2.77. The first-order valence-electron chi connectivity index (χ1n) is 6.03. The molecule has 0 unspecified atom stereocenters. The Balaban J connectivity index is 2.08. The zero-order valence-corrected chi connectivity index (χ0v) is 11.9. The van der Waals surface area contributed by atoms with E-state index in [9.17, 15) is 13.2 Å². The summed E-state index contributed by atoms with van der Waals surface area (Å²) in [6.07, 6.45) is 0. The summed E-state index contributed by atoms with van der Waals surface area (Å²) in [4.78, 5) is 11.1. The fourth-order valence-electron chi connectivity index (χ4n) is 1.57. The van der Waals surface area contributed by atoms with E-state index in [0.29, 0.717) is 5.56 Å². The van der Waals surface area contributed by atoms with Crippen molar-refractivity contribution in [2.24, 2.45) is 0 Å². The number of carbonyl (C=O) groups is 1. The first-order chi connectivity index (χ1) is 9.94. The molecular weight excluding hydrogens is 298 g/mol. The van der Waals surface area contributed by atoms with Crippen LogP contribution in [0.1, 0.15) is 23.0 Å². The number of carboxylic acids is 1. The molecule has 0 amide bonds. The van der Waals surface area contributed by atoms with Crippen molar-refractivity contribution in [1.82, 2.24) is 15.4 Å². The topological polar surface area (TPSA) is 122 Å². The molecule has 0 fully saturated rings. The molecule has 8 nitrogen and oxygen atoms in total. The Hall–Kier alpha value is -2.42. The number of aromatic carboxylic acids is 1. The van der Waals surface area contributed by atoms with Crippen molar-refractivity contribution >= 4 is 15.8 Å². The van der Waals surface area contributed by atoms with Crippen molar-refractivity contribution in [2.45, 2.75) is 18.4 Å². The summed E-state index contributed by atoms with van der Waals surface area (Å²) >= 11 is 0. The molecule has 0 aliphatic heterocycles. The lowest BCUT2D eigenvalue weighted by molar-refractivity contribution is 0.0685. The summed E-state index contributed by atoms with van der Waals surface area (Å²) in [6, 6.07) is 6.17. The predicted molar refractivity (Wildman–Crippen MR) is 71.8 cm³/mol. The number of sulfone groups is 1. The largest absolute Gasteiger partial charge is 0.476 e. The summed E-state index contributed by atoms with van der Waals surface area (Å²) in [5, 5.41) is 17.9. The highest BCUT2D eigenvalue weighted by molar-refractivity contribution is 7.91. The minimum atomic E-state index is -3.24. The molecular formula is C12H13N3O5S. The van der Waals surface area contributed by atoms with Crippen LogP contribution in [-0.2, 0) is 16.4 Å². The molecule has 2 rings (SSSR count). The number of H-pyrrole nitrogens is 1. The maximum Gasteiger partial charge on any atom is 0.359 e. The third-order valence-corrected chi connectivity index (χ3v) is 4.52. The number of hydrogen-bond donors (Lipinski definition) is 2. The zero-order chi connectivity index (χ0) is 15.5. The van der Waals surface area contributed by atoms with Gasteiger partial charge in [-0.2, -0.15) is 0 Å². The Morgan fingerprint density at radius 3 is 2.57 bits per heavy atom. The standard InChI is InChI=1S/C12H13N3O5S/c1-2-21(18,19)9-5-3-8(4-6-9)7-20-11-10(12(16)17)13-15-14-11/h3-6H,2,7H2,1H3,(H,16,17)(H,13,14,15). The maximum absolute atomic E-state index is 11.7. The van der Waals surface area contributed by atoms with Crippen molar-refractivity contribution in [3.05, 3.63) is 35.5 Å². The Morgan fingerprint density at radius 2 is 2.00 bits per heavy atom. The van der Waals surface area contributed by atoms with Crippen LogP contribution in [0.4, 0.5) is 0 Å². The number of aromatic nitrogens is 3. The van der Waals surface area contributed by atoms with Crippen LogP contribution in [0.5, 0.6) is 5.88 Å². The summed E-state index contributed by atoms with van der Waals surface area (Å²) < 4.78 is 28.6. The molecule has 0 saturated carbocycles. The number of carboxylic acid groups (broad SMARTS) is 1. The van der Waals surface area contributed by atoms with E-state index in [-0.39, 0.29) is 28.8 Å². The molecule has 1 aromatic heterocycles. The van der Waals surface area contributed by atoms with Gasteiger partial charge in [0, 0.05) is 0 Å². The van der Waals surface area contributed by atoms with Gasteiger partial charge in [-0.05, 0) is 17.7 Å². The van der Waals surface area contributed by atoms with Gasteiger partial charge in [-0.1, -0.05) is 29.4 Å². The van der Waals surface area contributed by atoms with E-state index in [1.54, 1.807) is 19.1 Å². The number of benzene rings is 1. The van der Waals surface area contributed by atoms with E-state index in [1.165, 1.54) is 12.1 Å². The van der Waals surface area contributed by atoms with E-state index < -0.39 is 15.8 Å². The van der Waals surface area contributed by atoms with Crippen molar-refractivity contribution in [3.63, 3.8) is 0 Å². The van der Waals surface area contributed by atoms with E-state index in [4.69, 9.17) is 9.84 Å². The van der Waals surface area contributed by atoms with Crippen molar-refractivity contribution in [2.75, 3.05) is 5.75 Å². The number of rotatable bonds is 6. The van der Waals surface area contributed by atoms with Crippen LogP contribution in [0.25, 0.3) is 0 Å². The van der Waals surface area contributed by atoms with Gasteiger partial charge in [0.25, 0.3) is 5.88 Å². The van der Waals surface area contributed by atoms with Gasteiger partial charge in [-0.3, -0.25) is 0 Å². The molecule has 2 aromatic rings. The SMILES string of the molecule is CCS(=O)(=O)c1ccc(COc2nn[nH]c2C(=O)O)cc1. The lowest BCUT2D eigenvalue weighted by atomic mass is 10.2. The first kappa shape index (κ1) is 15.0. The molecule has 0 spiro atoms. The highest BCUT2D eigenvalue weighted by Gasteiger charge is 2.16. The molecule has 1 heterocycles. The van der Waals surface area contributed by atoms with Crippen molar-refractivity contribution in [1.29, 1.82) is 0 Å². The molecule has 0 atom stereocenters. The Labute approximate surface area is 120 Å². The second-order valence-electron chi connectivity index (χ2n) is 4.13. The Kier molecular flexibility index (Phi) is 4.22. The molecule has 9 heteroatoms. The predicted octanol–water partition coefficient (Wildman–Crippen LogP) is 0.875. The fourth-order valence-corrected chi connectivity index (χ4v) is 2.45. The van der Waals surface area contributed by atoms with Crippen LogP contribution in [0.3, 0.4) is 0 Å². The quantitative estimate of drug-likeness (QED) is 0.811. The summed E-state index contributed by atoms with van der Waals surface area (Å²) in [5.74, 6) is -1.31. The van der Waals surface area contributed by atoms with Crippen molar-refractivity contribution < 1.29 is 23.1 Å². The highest BCUT2D eigenvalue weighted by atomic mass is 32.2. The minimum absolute atomic E-state index is 0.0315. The minimum Gasteiger partial charge on any atom is -0.476 e. The molecule has 21 heavy (non-hydrogen) atoms. The average Bonchev–Trinajstić information content (AvgIpc) is 2.94. The van der Waals surface area contributed by atoms with Crippen LogP contribution < -0.4 is 4.74 Å². The summed E-state index contributed by atoms with van der Waals surface area (Å²) in [5.41, 5.74) is 0.449. The van der Waals surface area contributed by atoms with Gasteiger partial charge in [-0.25, -0.2) is 18.3 Å². The Morgan fingerprint density at radius 1 is 1.33 bits per heavy atom. The second kappa shape index (κ2) is 5.92. The fraction of sp³-hybridized carbons (Fsp3) is 0.250. The maximum atomic E-state index is 11.7. The smallest absolute Gasteiger partial charge is 0.359 e. The van der Waals surface area contributed by atoms with Gasteiger partial charge in [0.2, 0.25) is 5.69 Å². The molecule has 112 valence electrons. The van der Waals surface area contributed by atoms with E-state index in [2.05, 4.69) is 15.4 Å². The van der Waals surface area contributed by atoms with Gasteiger partial charge in [0.05, 0.1) is 10.6 Å². The second-order valence-corrected chi connectivity index (χ2v) is 6.41. The number of nitrogens with one attached hydrogen (secondary N) is 1. The summed E-state index contributed by atoms with van der Waals surface area (Å²) in [7, 11) is -3.24. The average molecular weight is 311 g/mol. The molecule has 2 N–H and O–H groups in total. The molecule has 0 saturated heterocycles. The lowest BCUT2D eigenvalue weighted by Crippen LogP contribution is -2.05. The van der Waals surface area contributed by atoms with Gasteiger partial charge in [0.15, 0.2) is 9.84 Å². The molecule has 0 radical (unpaired) electrons. The zero-order valence-electron chi connectivity index (χ0n) is 11.1. The molecule has 0 aliphatic rings. The van der Waals surface area contributed by atoms with Crippen LogP contribution in [-0.4, -0.2) is 40.7 Å². The van der Waals surface area contributed by atoms with E-state index >= 15 is 0 Å². The van der Waals surface area contributed by atoms with Gasteiger partial charge < -0.3 is 9.84 Å². The normalized spacial score (nSPS) is 11.3. The van der Waals surface area contributed by atoms with E-state index in [0.717, 1.165) is 0 Å². The van der Waals surface area contributed by atoms with Crippen LogP contribution in [0.2, 0.25) is 0 Å². The number of nitrogens with zero attached hydrogens (tertiary/aromatic N) is 2. The first-order valence-corrected chi connectivity index (χ1v) is 7.68. The van der Waals surface area contributed by atoms with Crippen LogP contribution in [0.15, 0.2) is 29.2 Å². The van der Waals surface area contributed by atoms with Crippen LogP contribution in [0, 0.1) is 0 Å². The van der Waals surface area contributed by atoms with Crippen LogP contribution >= 0.6 is 0 Å². The molecule has 1 aromatic carbocycles. The molecule has 0 bridgehead atoms. The van der Waals surface area contributed by atoms with Crippen molar-refractivity contribution in [3.8, 4) is 5.88 Å². The lowest BCUT2D eigenvalue weighted by Gasteiger charge is -2.05. The van der Waals surface area contributed by atoms with Gasteiger partial charge in [-0.15, -0.1) is 0 Å². The number of hydrogen-bond acceptors (Lipinski definition) is 6. The van der Waals surface area contributed by atoms with E-state index in [1.807, 2.05) is 0 Å². The van der Waals surface area contributed by atoms with Gasteiger partial charge >= 0.3 is 5.97 Å². The third kappa shape index (κ3) is 3.37. The van der Waals surface area contributed by atoms with Gasteiger partial charge in [0.1, 0.15) is 6.61 Å². The summed E-state index contributed by atoms with van der Waals surface area (Å²) in [6.45, 7) is 1.63. The number of ether oxygens (including phenoxy) is 1. The number of aromatic amines is 1. The monoisotopic (exact) mass is 311 g/mol. The Bertz CT molecular complexity index is 737. The highest BCUT2D eigenvalue weighted by Crippen LogP contribution is 2.16. The molecule has 0 aliphatic carbocycles.